The van der Waals surface area contributed by atoms with Crippen molar-refractivity contribution < 1.29 is 13.7 Å². The molecule has 1 N–H and O–H groups in total. The number of carbonyl (C=O) groups is 1. The molecule has 1 aliphatic carbocycles. The number of fused-ring (bicyclic) bond motifs is 1. The summed E-state index contributed by atoms with van der Waals surface area (Å²) in [5, 5.41) is 13.2. The van der Waals surface area contributed by atoms with Crippen molar-refractivity contribution >= 4 is 16.8 Å². The van der Waals surface area contributed by atoms with Gasteiger partial charge in [-0.25, -0.2) is 4.39 Å². The minimum atomic E-state index is -0.347. The van der Waals surface area contributed by atoms with E-state index in [1.165, 1.54) is 10.7 Å². The third-order valence-corrected chi connectivity index (χ3v) is 7.09. The van der Waals surface area contributed by atoms with Gasteiger partial charge in [0.2, 0.25) is 11.8 Å². The molecule has 33 heavy (non-hydrogen) atoms. The maximum atomic E-state index is 14.6. The molecule has 2 fully saturated rings. The van der Waals surface area contributed by atoms with Crippen LogP contribution in [-0.2, 0) is 4.79 Å². The molecule has 3 aromatic rings. The van der Waals surface area contributed by atoms with Gasteiger partial charge in [-0.2, -0.15) is 14.8 Å². The molecule has 5 rings (SSSR count). The number of likely N-dealkylation sites (tertiary alicyclic amines) is 1. The van der Waals surface area contributed by atoms with E-state index in [0.717, 1.165) is 56.4 Å². The van der Waals surface area contributed by atoms with Gasteiger partial charge in [0.15, 0.2) is 0 Å². The monoisotopic (exact) mass is 454 g/mol. The van der Waals surface area contributed by atoms with E-state index in [1.807, 2.05) is 24.8 Å². The molecule has 1 saturated carbocycles. The summed E-state index contributed by atoms with van der Waals surface area (Å²) in [6.07, 6.45) is 4.00. The highest BCUT2D eigenvalue weighted by atomic mass is 19.1. The molecule has 1 aliphatic heterocycles. The summed E-state index contributed by atoms with van der Waals surface area (Å²) in [6, 6.07) is 5.44. The van der Waals surface area contributed by atoms with Gasteiger partial charge in [0.25, 0.3) is 5.95 Å². The van der Waals surface area contributed by atoms with Crippen LogP contribution in [0.15, 0.2) is 22.7 Å². The standard InChI is InChI=1S/C24H31FN6O2/c1-14(2)21-19-5-4-6-20(25)22(19)31(28-21)24-27-23(33-29-24)17-11-18(12-17)26-13-16-7-9-30(10-8-16)15(3)32/h4-6,14,16-18,26H,7-13H2,1-3H3. The summed E-state index contributed by atoms with van der Waals surface area (Å²) >= 11 is 0. The second-order valence-corrected chi connectivity index (χ2v) is 9.74. The van der Waals surface area contributed by atoms with Crippen LogP contribution in [-0.4, -0.2) is 56.4 Å². The molecule has 2 aliphatic rings. The zero-order valence-electron chi connectivity index (χ0n) is 19.4. The zero-order valence-corrected chi connectivity index (χ0v) is 19.4. The Morgan fingerprint density at radius 1 is 1.27 bits per heavy atom. The first-order valence-electron chi connectivity index (χ1n) is 11.9. The van der Waals surface area contributed by atoms with Crippen LogP contribution in [0.25, 0.3) is 16.9 Å². The Morgan fingerprint density at radius 3 is 2.73 bits per heavy atom. The molecule has 0 radical (unpaired) electrons. The van der Waals surface area contributed by atoms with Gasteiger partial charge in [-0.15, -0.1) is 0 Å². The van der Waals surface area contributed by atoms with Gasteiger partial charge in [-0.05, 0) is 55.3 Å². The predicted molar refractivity (Wildman–Crippen MR) is 122 cm³/mol. The molecule has 0 bridgehead atoms. The number of rotatable bonds is 6. The molecule has 0 unspecified atom stereocenters. The second-order valence-electron chi connectivity index (χ2n) is 9.74. The van der Waals surface area contributed by atoms with Crippen molar-refractivity contribution in [2.45, 2.75) is 64.3 Å². The Hall–Kier alpha value is -2.81. The van der Waals surface area contributed by atoms with Crippen LogP contribution in [0.1, 0.15) is 69.9 Å². The van der Waals surface area contributed by atoms with E-state index >= 15 is 0 Å². The van der Waals surface area contributed by atoms with Gasteiger partial charge in [-0.1, -0.05) is 26.0 Å². The highest BCUT2D eigenvalue weighted by Crippen LogP contribution is 2.37. The van der Waals surface area contributed by atoms with E-state index in [0.29, 0.717) is 23.4 Å². The molecule has 9 heteroatoms. The van der Waals surface area contributed by atoms with Crippen LogP contribution in [0.3, 0.4) is 0 Å². The third-order valence-electron chi connectivity index (χ3n) is 7.09. The predicted octanol–water partition coefficient (Wildman–Crippen LogP) is 3.77. The van der Waals surface area contributed by atoms with Gasteiger partial charge >= 0.3 is 0 Å². The Kier molecular flexibility index (Phi) is 5.90. The topological polar surface area (TPSA) is 89.1 Å². The van der Waals surface area contributed by atoms with Crippen LogP contribution < -0.4 is 5.32 Å². The van der Waals surface area contributed by atoms with Gasteiger partial charge < -0.3 is 14.7 Å². The number of aromatic nitrogens is 4. The van der Waals surface area contributed by atoms with Crippen molar-refractivity contribution in [2.75, 3.05) is 19.6 Å². The van der Waals surface area contributed by atoms with E-state index in [9.17, 15) is 9.18 Å². The van der Waals surface area contributed by atoms with Gasteiger partial charge in [-0.3, -0.25) is 4.79 Å². The normalized spacial score (nSPS) is 21.7. The maximum absolute atomic E-state index is 14.6. The summed E-state index contributed by atoms with van der Waals surface area (Å²) in [7, 11) is 0. The lowest BCUT2D eigenvalue weighted by molar-refractivity contribution is -0.130. The minimum Gasteiger partial charge on any atom is -0.343 e. The molecule has 0 spiro atoms. The van der Waals surface area contributed by atoms with Crippen LogP contribution in [0.2, 0.25) is 0 Å². The number of carbonyl (C=O) groups excluding carboxylic acids is 1. The fraction of sp³-hybridized carbons (Fsp3) is 0.583. The molecule has 2 aromatic heterocycles. The quantitative estimate of drug-likeness (QED) is 0.610. The number of nitrogens with one attached hydrogen (secondary N) is 1. The summed E-state index contributed by atoms with van der Waals surface area (Å²) in [6.45, 7) is 8.42. The first kappa shape index (κ1) is 22.0. The fourth-order valence-electron chi connectivity index (χ4n) is 4.97. The van der Waals surface area contributed by atoms with Crippen molar-refractivity contribution in [1.82, 2.24) is 30.1 Å². The average Bonchev–Trinajstić information content (AvgIpc) is 3.38. The van der Waals surface area contributed by atoms with Crippen molar-refractivity contribution in [3.8, 4) is 5.95 Å². The Balaban J connectivity index is 1.20. The lowest BCUT2D eigenvalue weighted by Crippen LogP contribution is -2.45. The summed E-state index contributed by atoms with van der Waals surface area (Å²) < 4.78 is 21.6. The van der Waals surface area contributed by atoms with E-state index in [-0.39, 0.29) is 29.5 Å². The second kappa shape index (κ2) is 8.85. The smallest absolute Gasteiger partial charge is 0.291 e. The number of benzene rings is 1. The van der Waals surface area contributed by atoms with Gasteiger partial charge in [0, 0.05) is 37.4 Å². The zero-order chi connectivity index (χ0) is 23.1. The molecular formula is C24H31FN6O2. The molecule has 1 amide bonds. The summed E-state index contributed by atoms with van der Waals surface area (Å²) in [4.78, 5) is 18.0. The molecule has 8 nitrogen and oxygen atoms in total. The number of halogens is 1. The van der Waals surface area contributed by atoms with E-state index in [1.54, 1.807) is 13.0 Å². The van der Waals surface area contributed by atoms with E-state index < -0.39 is 0 Å². The number of hydrogen-bond donors (Lipinski definition) is 1. The number of amides is 1. The maximum Gasteiger partial charge on any atom is 0.291 e. The Labute approximate surface area is 192 Å². The fourth-order valence-corrected chi connectivity index (χ4v) is 4.97. The highest BCUT2D eigenvalue weighted by Gasteiger charge is 2.35. The largest absolute Gasteiger partial charge is 0.343 e. The van der Waals surface area contributed by atoms with Crippen LogP contribution in [0.5, 0.6) is 0 Å². The van der Waals surface area contributed by atoms with Gasteiger partial charge in [0.05, 0.1) is 5.69 Å². The Morgan fingerprint density at radius 2 is 2.03 bits per heavy atom. The van der Waals surface area contributed by atoms with Crippen molar-refractivity contribution in [2.24, 2.45) is 5.92 Å². The first-order chi connectivity index (χ1) is 15.9. The van der Waals surface area contributed by atoms with E-state index in [4.69, 9.17) is 4.52 Å². The van der Waals surface area contributed by atoms with Crippen LogP contribution in [0.4, 0.5) is 4.39 Å². The number of nitrogens with zero attached hydrogens (tertiary/aromatic N) is 5. The van der Waals surface area contributed by atoms with Crippen LogP contribution in [0, 0.1) is 11.7 Å². The molecule has 0 atom stereocenters. The van der Waals surface area contributed by atoms with Crippen molar-refractivity contribution in [3.05, 3.63) is 35.6 Å². The van der Waals surface area contributed by atoms with Crippen molar-refractivity contribution in [1.29, 1.82) is 0 Å². The average molecular weight is 455 g/mol. The number of piperidine rings is 1. The third kappa shape index (κ3) is 4.26. The SMILES string of the molecule is CC(=O)N1CCC(CNC2CC(c3nc(-n4nc(C(C)C)c5cccc(F)c54)no3)C2)CC1. The molecule has 176 valence electrons. The number of hydrogen-bond acceptors (Lipinski definition) is 6. The molecule has 1 saturated heterocycles. The summed E-state index contributed by atoms with van der Waals surface area (Å²) in [5.41, 5.74) is 1.20. The van der Waals surface area contributed by atoms with Crippen LogP contribution >= 0.6 is 0 Å². The number of para-hydroxylation sites is 1. The first-order valence-corrected chi connectivity index (χ1v) is 11.9. The minimum absolute atomic E-state index is 0.148. The molecular weight excluding hydrogens is 423 g/mol. The van der Waals surface area contributed by atoms with E-state index in [2.05, 4.69) is 20.6 Å². The molecule has 1 aromatic carbocycles. The lowest BCUT2D eigenvalue weighted by Gasteiger charge is -2.36. The Bertz CT molecular complexity index is 1140. The highest BCUT2D eigenvalue weighted by molar-refractivity contribution is 5.84. The van der Waals surface area contributed by atoms with Gasteiger partial charge in [0.1, 0.15) is 11.3 Å². The van der Waals surface area contributed by atoms with Crippen molar-refractivity contribution in [3.63, 3.8) is 0 Å². The lowest BCUT2D eigenvalue weighted by atomic mass is 9.80. The molecule has 3 heterocycles. The summed E-state index contributed by atoms with van der Waals surface area (Å²) in [5.74, 6) is 1.67.